The fourth-order valence-corrected chi connectivity index (χ4v) is 3.06. The third-order valence-corrected chi connectivity index (χ3v) is 4.37. The van der Waals surface area contributed by atoms with E-state index in [4.69, 9.17) is 0 Å². The molecule has 26 heavy (non-hydrogen) atoms. The number of hydrogen-bond donors (Lipinski definition) is 0. The fourth-order valence-electron chi connectivity index (χ4n) is 3.06. The topological polar surface area (TPSA) is 38.1 Å². The third-order valence-electron chi connectivity index (χ3n) is 4.37. The normalized spacial score (nSPS) is 10.8. The molecular weight excluding hydrogens is 322 g/mol. The van der Waals surface area contributed by atoms with E-state index in [-0.39, 0.29) is 5.56 Å². The maximum Gasteiger partial charge on any atom is 0.279 e. The van der Waals surface area contributed by atoms with Crippen LogP contribution < -0.4 is 10.6 Å². The second kappa shape index (κ2) is 7.23. The molecule has 0 radical (unpaired) electrons. The number of hydrogen-bond acceptors (Lipinski definition) is 3. The van der Waals surface area contributed by atoms with Crippen LogP contribution >= 0.6 is 0 Å². The van der Waals surface area contributed by atoms with Crippen molar-refractivity contribution in [3.63, 3.8) is 0 Å². The molecule has 0 N–H and O–H groups in total. The summed E-state index contributed by atoms with van der Waals surface area (Å²) >= 11 is 0. The summed E-state index contributed by atoms with van der Waals surface area (Å²) in [6.45, 7) is 1.24. The molecule has 0 aliphatic rings. The highest BCUT2D eigenvalue weighted by atomic mass is 16.1. The molecule has 1 aromatic heterocycles. The van der Waals surface area contributed by atoms with Crippen molar-refractivity contribution in [2.75, 3.05) is 5.01 Å². The van der Waals surface area contributed by atoms with Crippen LogP contribution in [-0.2, 0) is 13.1 Å². The van der Waals surface area contributed by atoms with E-state index in [1.807, 2.05) is 65.7 Å². The molecule has 0 aliphatic carbocycles. The summed E-state index contributed by atoms with van der Waals surface area (Å²) < 4.78 is 1.63. The molecule has 0 saturated carbocycles. The van der Waals surface area contributed by atoms with Crippen molar-refractivity contribution >= 4 is 10.9 Å². The monoisotopic (exact) mass is 341 g/mol. The smallest absolute Gasteiger partial charge is 0.279 e. The lowest BCUT2D eigenvalue weighted by molar-refractivity contribution is 0.555. The van der Waals surface area contributed by atoms with E-state index in [0.717, 1.165) is 11.1 Å². The quantitative estimate of drug-likeness (QED) is 0.555. The Morgan fingerprint density at radius 3 is 1.88 bits per heavy atom. The molecule has 0 bridgehead atoms. The maximum atomic E-state index is 13.0. The Morgan fingerprint density at radius 1 is 0.731 bits per heavy atom. The Labute approximate surface area is 151 Å². The van der Waals surface area contributed by atoms with Gasteiger partial charge in [0.1, 0.15) is 6.33 Å². The van der Waals surface area contributed by atoms with Gasteiger partial charge in [-0.25, -0.2) is 9.66 Å². The SMILES string of the molecule is O=c1c2ccccc2ncn1N(Cc1ccccc1)Cc1ccccc1. The standard InChI is InChI=1S/C22H19N3O/c26-22-20-13-7-8-14-21(20)23-17-25(22)24(15-18-9-3-1-4-10-18)16-19-11-5-2-6-12-19/h1-14,17H,15-16H2. The molecule has 128 valence electrons. The van der Waals surface area contributed by atoms with Crippen LogP contribution in [0, 0.1) is 0 Å². The summed E-state index contributed by atoms with van der Waals surface area (Å²) in [6.07, 6.45) is 1.62. The van der Waals surface area contributed by atoms with Crippen LogP contribution in [0.15, 0.2) is 96.1 Å². The molecule has 0 saturated heterocycles. The predicted molar refractivity (Wildman–Crippen MR) is 105 cm³/mol. The van der Waals surface area contributed by atoms with Crippen molar-refractivity contribution in [2.45, 2.75) is 13.1 Å². The van der Waals surface area contributed by atoms with Crippen LogP contribution in [0.4, 0.5) is 0 Å². The molecular formula is C22H19N3O. The minimum Gasteiger partial charge on any atom is -0.300 e. The molecule has 0 fully saturated rings. The lowest BCUT2D eigenvalue weighted by Crippen LogP contribution is -2.41. The van der Waals surface area contributed by atoms with Crippen molar-refractivity contribution in [1.82, 2.24) is 9.66 Å². The number of fused-ring (bicyclic) bond motifs is 1. The van der Waals surface area contributed by atoms with Crippen LogP contribution in [0.2, 0.25) is 0 Å². The predicted octanol–water partition coefficient (Wildman–Crippen LogP) is 3.73. The Bertz CT molecular complexity index is 1020. The van der Waals surface area contributed by atoms with E-state index < -0.39 is 0 Å². The zero-order chi connectivity index (χ0) is 17.8. The zero-order valence-corrected chi connectivity index (χ0v) is 14.3. The number of rotatable bonds is 5. The summed E-state index contributed by atoms with van der Waals surface area (Å²) in [5.41, 5.74) is 2.95. The molecule has 0 spiro atoms. The Hall–Kier alpha value is -3.40. The second-order valence-corrected chi connectivity index (χ2v) is 6.21. The van der Waals surface area contributed by atoms with Gasteiger partial charge >= 0.3 is 0 Å². The number of para-hydroxylation sites is 1. The van der Waals surface area contributed by atoms with Gasteiger partial charge in [-0.15, -0.1) is 0 Å². The van der Waals surface area contributed by atoms with Gasteiger partial charge in [-0.2, -0.15) is 0 Å². The number of benzene rings is 3. The van der Waals surface area contributed by atoms with Crippen molar-refractivity contribution < 1.29 is 0 Å². The summed E-state index contributed by atoms with van der Waals surface area (Å²) in [5.74, 6) is 0. The molecule has 1 heterocycles. The molecule has 0 aliphatic heterocycles. The molecule has 0 atom stereocenters. The van der Waals surface area contributed by atoms with Crippen molar-refractivity contribution in [3.8, 4) is 0 Å². The van der Waals surface area contributed by atoms with Crippen molar-refractivity contribution in [1.29, 1.82) is 0 Å². The van der Waals surface area contributed by atoms with Crippen molar-refractivity contribution in [2.24, 2.45) is 0 Å². The first-order valence-electron chi connectivity index (χ1n) is 8.61. The Kier molecular flexibility index (Phi) is 4.48. The molecule has 4 heteroatoms. The molecule has 0 unspecified atom stereocenters. The van der Waals surface area contributed by atoms with Gasteiger partial charge < -0.3 is 0 Å². The minimum atomic E-state index is -0.0533. The highest BCUT2D eigenvalue weighted by molar-refractivity contribution is 5.76. The van der Waals surface area contributed by atoms with E-state index in [0.29, 0.717) is 24.0 Å². The summed E-state index contributed by atoms with van der Waals surface area (Å²) in [4.78, 5) is 17.5. The maximum absolute atomic E-state index is 13.0. The highest BCUT2D eigenvalue weighted by Gasteiger charge is 2.12. The van der Waals surface area contributed by atoms with Crippen LogP contribution in [0.25, 0.3) is 10.9 Å². The van der Waals surface area contributed by atoms with Gasteiger partial charge in [0.05, 0.1) is 24.0 Å². The highest BCUT2D eigenvalue weighted by Crippen LogP contribution is 2.10. The van der Waals surface area contributed by atoms with Crippen LogP contribution in [0.3, 0.4) is 0 Å². The molecule has 0 amide bonds. The largest absolute Gasteiger partial charge is 0.300 e. The first kappa shape index (κ1) is 16.1. The van der Waals surface area contributed by atoms with Gasteiger partial charge in [-0.05, 0) is 23.3 Å². The van der Waals surface area contributed by atoms with Gasteiger partial charge in [0, 0.05) is 0 Å². The van der Waals surface area contributed by atoms with E-state index in [1.165, 1.54) is 0 Å². The number of aromatic nitrogens is 2. The van der Waals surface area contributed by atoms with Crippen LogP contribution in [0.5, 0.6) is 0 Å². The molecule has 4 aromatic rings. The fraction of sp³-hybridized carbons (Fsp3) is 0.0909. The summed E-state index contributed by atoms with van der Waals surface area (Å²) in [7, 11) is 0. The van der Waals surface area contributed by atoms with E-state index in [9.17, 15) is 4.79 Å². The minimum absolute atomic E-state index is 0.0533. The third kappa shape index (κ3) is 3.35. The molecule has 4 rings (SSSR count). The number of nitrogens with zero attached hydrogens (tertiary/aromatic N) is 3. The Morgan fingerprint density at radius 2 is 1.27 bits per heavy atom. The summed E-state index contributed by atoms with van der Waals surface area (Å²) in [6, 6.07) is 27.8. The van der Waals surface area contributed by atoms with Crippen LogP contribution in [-0.4, -0.2) is 9.66 Å². The van der Waals surface area contributed by atoms with Gasteiger partial charge in [-0.3, -0.25) is 9.80 Å². The van der Waals surface area contributed by atoms with E-state index >= 15 is 0 Å². The summed E-state index contributed by atoms with van der Waals surface area (Å²) in [5, 5.41) is 2.65. The average molecular weight is 341 g/mol. The van der Waals surface area contributed by atoms with Crippen LogP contribution in [0.1, 0.15) is 11.1 Å². The Balaban J connectivity index is 1.77. The second-order valence-electron chi connectivity index (χ2n) is 6.21. The zero-order valence-electron chi connectivity index (χ0n) is 14.3. The first-order chi connectivity index (χ1) is 12.8. The van der Waals surface area contributed by atoms with E-state index in [2.05, 4.69) is 29.2 Å². The van der Waals surface area contributed by atoms with Gasteiger partial charge in [0.25, 0.3) is 5.56 Å². The van der Waals surface area contributed by atoms with E-state index in [1.54, 1.807) is 11.0 Å². The first-order valence-corrected chi connectivity index (χ1v) is 8.61. The van der Waals surface area contributed by atoms with Gasteiger partial charge in [-0.1, -0.05) is 72.8 Å². The average Bonchev–Trinajstić information content (AvgIpc) is 2.70. The van der Waals surface area contributed by atoms with Gasteiger partial charge in [0.15, 0.2) is 0 Å². The molecule has 4 nitrogen and oxygen atoms in total. The van der Waals surface area contributed by atoms with Crippen molar-refractivity contribution in [3.05, 3.63) is 113 Å². The lowest BCUT2D eigenvalue weighted by Gasteiger charge is -2.26. The lowest BCUT2D eigenvalue weighted by atomic mass is 10.2. The van der Waals surface area contributed by atoms with Gasteiger partial charge in [0.2, 0.25) is 0 Å². The molecule has 3 aromatic carbocycles.